The van der Waals surface area contributed by atoms with Gasteiger partial charge in [-0.3, -0.25) is 0 Å². The molecule has 5 nitrogen and oxygen atoms in total. The van der Waals surface area contributed by atoms with Gasteiger partial charge in [0.15, 0.2) is 0 Å². The topological polar surface area (TPSA) is 53.9 Å². The molecule has 0 amide bonds. The van der Waals surface area contributed by atoms with Crippen LogP contribution < -0.4 is 10.2 Å². The highest BCUT2D eigenvalue weighted by Crippen LogP contribution is 2.39. The van der Waals surface area contributed by atoms with Crippen molar-refractivity contribution < 1.29 is 0 Å². The quantitative estimate of drug-likeness (QED) is 0.893. The highest BCUT2D eigenvalue weighted by atomic mass is 15.3. The van der Waals surface area contributed by atoms with Crippen LogP contribution >= 0.6 is 0 Å². The first-order chi connectivity index (χ1) is 9.19. The predicted molar refractivity (Wildman–Crippen MR) is 76.0 cm³/mol. The molecule has 98 valence electrons. The van der Waals surface area contributed by atoms with E-state index >= 15 is 0 Å². The zero-order valence-electron chi connectivity index (χ0n) is 11.4. The number of para-hydroxylation sites is 1. The average Bonchev–Trinajstić information content (AvgIpc) is 2.76. The van der Waals surface area contributed by atoms with Crippen molar-refractivity contribution in [1.82, 2.24) is 15.0 Å². The zero-order chi connectivity index (χ0) is 13.4. The second-order valence-electron chi connectivity index (χ2n) is 4.83. The summed E-state index contributed by atoms with van der Waals surface area (Å²) in [6, 6.07) is 8.43. The van der Waals surface area contributed by atoms with E-state index in [4.69, 9.17) is 0 Å². The smallest absolute Gasteiger partial charge is 0.234 e. The largest absolute Gasteiger partial charge is 0.357 e. The van der Waals surface area contributed by atoms with Gasteiger partial charge in [-0.15, -0.1) is 0 Å². The number of nitrogens with one attached hydrogen (secondary N) is 1. The summed E-state index contributed by atoms with van der Waals surface area (Å²) in [5.74, 6) is 2.55. The van der Waals surface area contributed by atoms with Crippen molar-refractivity contribution >= 4 is 17.6 Å². The minimum absolute atomic E-state index is 0.492. The Morgan fingerprint density at radius 2 is 2.00 bits per heavy atom. The van der Waals surface area contributed by atoms with Crippen LogP contribution in [0.15, 0.2) is 24.3 Å². The Labute approximate surface area is 112 Å². The summed E-state index contributed by atoms with van der Waals surface area (Å²) in [6.07, 6.45) is 0. The van der Waals surface area contributed by atoms with Crippen LogP contribution in [-0.4, -0.2) is 28.5 Å². The molecule has 1 aliphatic rings. The molecular formula is C14H17N5. The van der Waals surface area contributed by atoms with Crippen LogP contribution in [0, 0.1) is 6.92 Å². The Kier molecular flexibility index (Phi) is 2.81. The van der Waals surface area contributed by atoms with Crippen LogP contribution in [0.2, 0.25) is 0 Å². The maximum Gasteiger partial charge on any atom is 0.234 e. The lowest BCUT2D eigenvalue weighted by Gasteiger charge is -2.18. The Bertz CT molecular complexity index is 611. The molecule has 0 aliphatic carbocycles. The lowest BCUT2D eigenvalue weighted by atomic mass is 10.0. The van der Waals surface area contributed by atoms with Crippen molar-refractivity contribution in [3.63, 3.8) is 0 Å². The number of benzene rings is 1. The standard InChI is InChI=1S/C14H17N5/c1-9-8-19(12-7-5-4-6-11(9)12)14-17-10(2)16-13(15-3)18-14/h4-7,9H,8H2,1-3H3,(H,15,16,17,18). The monoisotopic (exact) mass is 255 g/mol. The number of rotatable bonds is 2. The van der Waals surface area contributed by atoms with E-state index in [2.05, 4.69) is 56.4 Å². The van der Waals surface area contributed by atoms with Gasteiger partial charge in [0.25, 0.3) is 0 Å². The molecule has 1 atom stereocenters. The number of aromatic nitrogens is 3. The summed E-state index contributed by atoms with van der Waals surface area (Å²) in [5, 5.41) is 2.98. The van der Waals surface area contributed by atoms with E-state index in [1.54, 1.807) is 0 Å². The first-order valence-corrected chi connectivity index (χ1v) is 6.46. The molecule has 0 spiro atoms. The number of hydrogen-bond acceptors (Lipinski definition) is 5. The van der Waals surface area contributed by atoms with Gasteiger partial charge in [0.05, 0.1) is 0 Å². The summed E-state index contributed by atoms with van der Waals surface area (Å²) in [5.41, 5.74) is 2.55. The molecule has 1 aromatic heterocycles. The van der Waals surface area contributed by atoms with E-state index in [1.165, 1.54) is 11.3 Å². The Morgan fingerprint density at radius 3 is 2.79 bits per heavy atom. The number of nitrogens with zero attached hydrogens (tertiary/aromatic N) is 4. The van der Waals surface area contributed by atoms with Crippen molar-refractivity contribution in [2.45, 2.75) is 19.8 Å². The molecule has 19 heavy (non-hydrogen) atoms. The zero-order valence-corrected chi connectivity index (χ0v) is 11.4. The van der Waals surface area contributed by atoms with Gasteiger partial charge in [-0.1, -0.05) is 25.1 Å². The van der Waals surface area contributed by atoms with Gasteiger partial charge >= 0.3 is 0 Å². The fourth-order valence-corrected chi connectivity index (χ4v) is 2.51. The molecule has 2 aromatic rings. The fraction of sp³-hybridized carbons (Fsp3) is 0.357. The first kappa shape index (κ1) is 11.9. The van der Waals surface area contributed by atoms with E-state index < -0.39 is 0 Å². The number of fused-ring (bicyclic) bond motifs is 1. The highest BCUT2D eigenvalue weighted by molar-refractivity contribution is 5.67. The van der Waals surface area contributed by atoms with Crippen molar-refractivity contribution in [2.75, 3.05) is 23.8 Å². The molecule has 0 fully saturated rings. The van der Waals surface area contributed by atoms with E-state index in [-0.39, 0.29) is 0 Å². The van der Waals surface area contributed by atoms with Gasteiger partial charge < -0.3 is 10.2 Å². The minimum atomic E-state index is 0.492. The molecule has 0 bridgehead atoms. The highest BCUT2D eigenvalue weighted by Gasteiger charge is 2.28. The summed E-state index contributed by atoms with van der Waals surface area (Å²) in [4.78, 5) is 15.3. The predicted octanol–water partition coefficient (Wildman–Crippen LogP) is 2.48. The molecular weight excluding hydrogens is 238 g/mol. The fourth-order valence-electron chi connectivity index (χ4n) is 2.51. The van der Waals surface area contributed by atoms with E-state index in [9.17, 15) is 0 Å². The minimum Gasteiger partial charge on any atom is -0.357 e. The van der Waals surface area contributed by atoms with Crippen LogP contribution in [-0.2, 0) is 0 Å². The molecule has 1 aromatic carbocycles. The summed E-state index contributed by atoms with van der Waals surface area (Å²) >= 11 is 0. The number of anilines is 3. The van der Waals surface area contributed by atoms with Crippen LogP contribution in [0.25, 0.3) is 0 Å². The maximum atomic E-state index is 4.46. The Hall–Kier alpha value is -2.17. The third kappa shape index (κ3) is 2.01. The van der Waals surface area contributed by atoms with Gasteiger partial charge in [-0.05, 0) is 18.6 Å². The molecule has 2 heterocycles. The van der Waals surface area contributed by atoms with E-state index in [1.807, 2.05) is 14.0 Å². The second-order valence-corrected chi connectivity index (χ2v) is 4.83. The van der Waals surface area contributed by atoms with Gasteiger partial charge in [-0.2, -0.15) is 15.0 Å². The van der Waals surface area contributed by atoms with E-state index in [0.29, 0.717) is 17.8 Å². The molecule has 1 N–H and O–H groups in total. The molecule has 0 radical (unpaired) electrons. The van der Waals surface area contributed by atoms with E-state index in [0.717, 1.165) is 12.4 Å². The summed E-state index contributed by atoms with van der Waals surface area (Å²) in [6.45, 7) is 5.02. The van der Waals surface area contributed by atoms with Crippen molar-refractivity contribution in [1.29, 1.82) is 0 Å². The van der Waals surface area contributed by atoms with Crippen molar-refractivity contribution in [3.8, 4) is 0 Å². The summed E-state index contributed by atoms with van der Waals surface area (Å²) < 4.78 is 0. The SMILES string of the molecule is CNc1nc(C)nc(N2CC(C)c3ccccc32)n1. The lowest BCUT2D eigenvalue weighted by molar-refractivity contribution is 0.792. The normalized spacial score (nSPS) is 17.4. The van der Waals surface area contributed by atoms with Gasteiger partial charge in [0.1, 0.15) is 5.82 Å². The number of aryl methyl sites for hydroxylation is 1. The van der Waals surface area contributed by atoms with Crippen LogP contribution in [0.3, 0.4) is 0 Å². The summed E-state index contributed by atoms with van der Waals surface area (Å²) in [7, 11) is 1.82. The molecule has 1 unspecified atom stereocenters. The molecule has 1 aliphatic heterocycles. The third-order valence-corrected chi connectivity index (χ3v) is 3.42. The maximum absolute atomic E-state index is 4.46. The average molecular weight is 255 g/mol. The van der Waals surface area contributed by atoms with Crippen molar-refractivity contribution in [2.24, 2.45) is 0 Å². The van der Waals surface area contributed by atoms with Gasteiger partial charge in [0, 0.05) is 25.2 Å². The van der Waals surface area contributed by atoms with Gasteiger partial charge in [0.2, 0.25) is 11.9 Å². The van der Waals surface area contributed by atoms with Crippen LogP contribution in [0.1, 0.15) is 24.2 Å². The van der Waals surface area contributed by atoms with Crippen LogP contribution in [0.4, 0.5) is 17.6 Å². The number of hydrogen-bond donors (Lipinski definition) is 1. The second kappa shape index (κ2) is 4.50. The molecule has 3 rings (SSSR count). The third-order valence-electron chi connectivity index (χ3n) is 3.42. The molecule has 0 saturated heterocycles. The Balaban J connectivity index is 2.07. The van der Waals surface area contributed by atoms with Gasteiger partial charge in [-0.25, -0.2) is 0 Å². The van der Waals surface area contributed by atoms with Crippen molar-refractivity contribution in [3.05, 3.63) is 35.7 Å². The Morgan fingerprint density at radius 1 is 1.21 bits per heavy atom. The first-order valence-electron chi connectivity index (χ1n) is 6.46. The van der Waals surface area contributed by atoms with Crippen LogP contribution in [0.5, 0.6) is 0 Å². The molecule has 5 heteroatoms. The molecule has 0 saturated carbocycles. The lowest BCUT2D eigenvalue weighted by Crippen LogP contribution is -2.19.